The van der Waals surface area contributed by atoms with Crippen molar-refractivity contribution in [1.29, 1.82) is 0 Å². The van der Waals surface area contributed by atoms with Crippen molar-refractivity contribution in [2.24, 2.45) is 0 Å². The molecule has 0 aliphatic heterocycles. The van der Waals surface area contributed by atoms with Crippen LogP contribution in [0.5, 0.6) is 0 Å². The molecule has 1 atom stereocenters. The predicted molar refractivity (Wildman–Crippen MR) is 102 cm³/mol. The molecular formula is C22H23NO4. The lowest BCUT2D eigenvalue weighted by Crippen LogP contribution is -2.40. The fourth-order valence-corrected chi connectivity index (χ4v) is 3.22. The summed E-state index contributed by atoms with van der Waals surface area (Å²) in [5.74, 6) is -1.23. The minimum Gasteiger partial charge on any atom is -0.456 e. The van der Waals surface area contributed by atoms with Gasteiger partial charge in [-0.2, -0.15) is 0 Å². The second kappa shape index (κ2) is 8.16. The van der Waals surface area contributed by atoms with Crippen molar-refractivity contribution < 1.29 is 19.1 Å². The molecule has 27 heavy (non-hydrogen) atoms. The normalized spacial score (nSPS) is 13.6. The highest BCUT2D eigenvalue weighted by Gasteiger charge is 2.20. The number of fused-ring (bicyclic) bond motifs is 1. The first-order valence-corrected chi connectivity index (χ1v) is 9.13. The molecule has 1 aliphatic rings. The zero-order chi connectivity index (χ0) is 19.4. The Morgan fingerprint density at radius 2 is 1.81 bits per heavy atom. The average molecular weight is 365 g/mol. The van der Waals surface area contributed by atoms with E-state index < -0.39 is 12.0 Å². The lowest BCUT2D eigenvalue weighted by molar-refractivity contribution is -0.144. The lowest BCUT2D eigenvalue weighted by Gasteiger charge is -2.13. The Morgan fingerprint density at radius 1 is 1.04 bits per heavy atom. The molecule has 0 saturated carbocycles. The summed E-state index contributed by atoms with van der Waals surface area (Å²) in [7, 11) is 0. The fraction of sp³-hybridized carbons (Fsp3) is 0.318. The van der Waals surface area contributed by atoms with Crippen LogP contribution in [0, 0.1) is 6.92 Å². The molecule has 0 saturated heterocycles. The Hall–Kier alpha value is -2.95. The van der Waals surface area contributed by atoms with Crippen LogP contribution in [0.1, 0.15) is 50.8 Å². The molecule has 1 N–H and O–H groups in total. The Kier molecular flexibility index (Phi) is 5.69. The summed E-state index contributed by atoms with van der Waals surface area (Å²) >= 11 is 0. The molecule has 0 spiro atoms. The zero-order valence-corrected chi connectivity index (χ0v) is 15.6. The number of ether oxygens (including phenoxy) is 1. The summed E-state index contributed by atoms with van der Waals surface area (Å²) in [6, 6.07) is 11.9. The smallest absolute Gasteiger partial charge is 0.328 e. The first kappa shape index (κ1) is 18.8. The number of esters is 1. The molecule has 3 rings (SSSR count). The van der Waals surface area contributed by atoms with Gasteiger partial charge >= 0.3 is 5.97 Å². The van der Waals surface area contributed by atoms with Crippen LogP contribution >= 0.6 is 0 Å². The van der Waals surface area contributed by atoms with Gasteiger partial charge in [0.2, 0.25) is 0 Å². The number of rotatable bonds is 6. The highest BCUT2D eigenvalue weighted by atomic mass is 16.5. The van der Waals surface area contributed by atoms with Crippen molar-refractivity contribution in [3.05, 3.63) is 70.3 Å². The van der Waals surface area contributed by atoms with Crippen molar-refractivity contribution >= 4 is 17.7 Å². The van der Waals surface area contributed by atoms with E-state index in [2.05, 4.69) is 5.32 Å². The van der Waals surface area contributed by atoms with Crippen LogP contribution in [0.3, 0.4) is 0 Å². The topological polar surface area (TPSA) is 72.5 Å². The molecule has 2 aromatic carbocycles. The van der Waals surface area contributed by atoms with Gasteiger partial charge in [-0.1, -0.05) is 29.8 Å². The Bertz CT molecular complexity index is 888. The largest absolute Gasteiger partial charge is 0.456 e. The van der Waals surface area contributed by atoms with Gasteiger partial charge in [-0.05, 0) is 62.4 Å². The summed E-state index contributed by atoms with van der Waals surface area (Å²) in [4.78, 5) is 36.6. The molecule has 1 unspecified atom stereocenters. The number of hydrogen-bond donors (Lipinski definition) is 1. The SMILES string of the molecule is Cc1cccc(C(=O)NC(C)C(=O)OCC(=O)c2ccc3c(c2)CCC3)c1. The summed E-state index contributed by atoms with van der Waals surface area (Å²) in [6.45, 7) is 3.09. The van der Waals surface area contributed by atoms with Crippen LogP contribution in [0.2, 0.25) is 0 Å². The first-order chi connectivity index (χ1) is 12.9. The molecule has 5 heteroatoms. The van der Waals surface area contributed by atoms with E-state index in [1.807, 2.05) is 25.1 Å². The Balaban J connectivity index is 1.52. The van der Waals surface area contributed by atoms with Gasteiger partial charge in [0.05, 0.1) is 0 Å². The maximum absolute atomic E-state index is 12.3. The number of Topliss-reactive ketones (excluding diaryl/α,β-unsaturated/α-hetero) is 1. The number of aryl methyl sites for hydroxylation is 3. The molecule has 0 fully saturated rings. The molecule has 2 aromatic rings. The monoisotopic (exact) mass is 365 g/mol. The van der Waals surface area contributed by atoms with E-state index >= 15 is 0 Å². The number of ketones is 1. The van der Waals surface area contributed by atoms with Crippen molar-refractivity contribution in [1.82, 2.24) is 5.32 Å². The molecule has 0 bridgehead atoms. The molecule has 0 aromatic heterocycles. The van der Waals surface area contributed by atoms with Gasteiger partial charge in [0.1, 0.15) is 6.04 Å². The standard InChI is InChI=1S/C22H23NO4/c1-14-5-3-8-19(11-14)21(25)23-15(2)22(26)27-13-20(24)18-10-9-16-6-4-7-17(16)12-18/h3,5,8-12,15H,4,6-7,13H2,1-2H3,(H,23,25). The van der Waals surface area contributed by atoms with Gasteiger partial charge in [-0.3, -0.25) is 9.59 Å². The fourth-order valence-electron chi connectivity index (χ4n) is 3.22. The van der Waals surface area contributed by atoms with Gasteiger partial charge in [-0.25, -0.2) is 4.79 Å². The summed E-state index contributed by atoms with van der Waals surface area (Å²) in [5.41, 5.74) is 4.48. The quantitative estimate of drug-likeness (QED) is 0.631. The third kappa shape index (κ3) is 4.61. The number of benzene rings is 2. The first-order valence-electron chi connectivity index (χ1n) is 9.13. The van der Waals surface area contributed by atoms with Crippen LogP contribution in [0.4, 0.5) is 0 Å². The van der Waals surface area contributed by atoms with E-state index in [1.54, 1.807) is 24.3 Å². The second-order valence-corrected chi connectivity index (χ2v) is 6.93. The van der Waals surface area contributed by atoms with Crippen LogP contribution < -0.4 is 5.32 Å². The van der Waals surface area contributed by atoms with E-state index in [4.69, 9.17) is 4.74 Å². The maximum atomic E-state index is 12.3. The number of hydrogen-bond acceptors (Lipinski definition) is 4. The summed E-state index contributed by atoms with van der Waals surface area (Å²) < 4.78 is 5.10. The predicted octanol–water partition coefficient (Wildman–Crippen LogP) is 3.03. The molecule has 0 radical (unpaired) electrons. The highest BCUT2D eigenvalue weighted by Crippen LogP contribution is 2.23. The highest BCUT2D eigenvalue weighted by molar-refractivity contribution is 5.99. The number of amides is 1. The Morgan fingerprint density at radius 3 is 2.59 bits per heavy atom. The van der Waals surface area contributed by atoms with Crippen molar-refractivity contribution in [2.45, 2.75) is 39.2 Å². The summed E-state index contributed by atoms with van der Waals surface area (Å²) in [6.07, 6.45) is 3.15. The van der Waals surface area contributed by atoms with E-state index in [0.29, 0.717) is 11.1 Å². The molecule has 1 amide bonds. The van der Waals surface area contributed by atoms with Crippen molar-refractivity contribution in [2.75, 3.05) is 6.61 Å². The minimum atomic E-state index is -0.842. The van der Waals surface area contributed by atoms with Crippen molar-refractivity contribution in [3.63, 3.8) is 0 Å². The lowest BCUT2D eigenvalue weighted by atomic mass is 10.0. The number of nitrogens with one attached hydrogen (secondary N) is 1. The Labute approximate surface area is 158 Å². The molecule has 1 aliphatic carbocycles. The zero-order valence-electron chi connectivity index (χ0n) is 15.6. The molecular weight excluding hydrogens is 342 g/mol. The third-order valence-corrected chi connectivity index (χ3v) is 4.75. The van der Waals surface area contributed by atoms with Crippen LogP contribution in [0.15, 0.2) is 42.5 Å². The van der Waals surface area contributed by atoms with Gasteiger partial charge in [0, 0.05) is 11.1 Å². The third-order valence-electron chi connectivity index (χ3n) is 4.75. The van der Waals surface area contributed by atoms with Gasteiger partial charge < -0.3 is 10.1 Å². The minimum absolute atomic E-state index is 0.240. The van der Waals surface area contributed by atoms with E-state index in [-0.39, 0.29) is 18.3 Å². The van der Waals surface area contributed by atoms with E-state index in [1.165, 1.54) is 18.1 Å². The van der Waals surface area contributed by atoms with Gasteiger partial charge in [0.25, 0.3) is 5.91 Å². The second-order valence-electron chi connectivity index (χ2n) is 6.93. The van der Waals surface area contributed by atoms with Crippen molar-refractivity contribution in [3.8, 4) is 0 Å². The van der Waals surface area contributed by atoms with Gasteiger partial charge in [0.15, 0.2) is 12.4 Å². The molecule has 5 nitrogen and oxygen atoms in total. The van der Waals surface area contributed by atoms with Gasteiger partial charge in [-0.15, -0.1) is 0 Å². The molecule has 140 valence electrons. The number of carbonyl (C=O) groups excluding carboxylic acids is 3. The number of carbonyl (C=O) groups is 3. The average Bonchev–Trinajstić information content (AvgIpc) is 3.13. The van der Waals surface area contributed by atoms with Crippen LogP contribution in [0.25, 0.3) is 0 Å². The molecule has 0 heterocycles. The van der Waals surface area contributed by atoms with Crippen LogP contribution in [-0.4, -0.2) is 30.3 Å². The summed E-state index contributed by atoms with van der Waals surface area (Å²) in [5, 5.41) is 2.60. The maximum Gasteiger partial charge on any atom is 0.328 e. The van der Waals surface area contributed by atoms with Crippen LogP contribution in [-0.2, 0) is 22.4 Å². The van der Waals surface area contributed by atoms with E-state index in [9.17, 15) is 14.4 Å². The van der Waals surface area contributed by atoms with E-state index in [0.717, 1.165) is 24.8 Å².